The molecule has 1 aromatic rings. The predicted octanol–water partition coefficient (Wildman–Crippen LogP) is 1.90. The highest BCUT2D eigenvalue weighted by atomic mass is 16.5. The van der Waals surface area contributed by atoms with Gasteiger partial charge in [0.25, 0.3) is 5.91 Å². The van der Waals surface area contributed by atoms with Crippen molar-refractivity contribution in [2.75, 3.05) is 13.2 Å². The highest BCUT2D eigenvalue weighted by Crippen LogP contribution is 2.22. The number of carboxylic acids is 1. The van der Waals surface area contributed by atoms with Crippen LogP contribution in [0.3, 0.4) is 0 Å². The number of benzene rings is 1. The Hall–Kier alpha value is -2.08. The zero-order chi connectivity index (χ0) is 16.9. The third-order valence-electron chi connectivity index (χ3n) is 4.05. The lowest BCUT2D eigenvalue weighted by molar-refractivity contribution is -0.153. The number of carbonyl (C=O) groups excluding carboxylic acids is 1. The van der Waals surface area contributed by atoms with Crippen molar-refractivity contribution in [3.63, 3.8) is 0 Å². The van der Waals surface area contributed by atoms with E-state index in [4.69, 9.17) is 9.47 Å². The fourth-order valence-corrected chi connectivity index (χ4v) is 2.60. The topological polar surface area (TPSA) is 84.9 Å². The number of nitrogens with one attached hydrogen (secondary N) is 1. The van der Waals surface area contributed by atoms with Gasteiger partial charge in [-0.3, -0.25) is 4.79 Å². The van der Waals surface area contributed by atoms with Crippen molar-refractivity contribution >= 4 is 11.9 Å². The van der Waals surface area contributed by atoms with Crippen molar-refractivity contribution in [1.29, 1.82) is 0 Å². The molecule has 0 saturated carbocycles. The second-order valence-electron chi connectivity index (χ2n) is 5.82. The molecule has 1 aliphatic rings. The van der Waals surface area contributed by atoms with Gasteiger partial charge in [-0.15, -0.1) is 0 Å². The predicted molar refractivity (Wildman–Crippen MR) is 84.4 cm³/mol. The van der Waals surface area contributed by atoms with Gasteiger partial charge in [-0.2, -0.15) is 0 Å². The van der Waals surface area contributed by atoms with Crippen molar-refractivity contribution < 1.29 is 24.2 Å². The molecule has 1 aliphatic heterocycles. The van der Waals surface area contributed by atoms with Crippen LogP contribution in [0.25, 0.3) is 0 Å². The molecule has 1 fully saturated rings. The lowest BCUT2D eigenvalue weighted by atomic mass is 9.89. The van der Waals surface area contributed by atoms with E-state index in [0.29, 0.717) is 25.4 Å². The molecule has 1 aromatic carbocycles. The van der Waals surface area contributed by atoms with E-state index in [1.54, 1.807) is 6.07 Å². The third-order valence-corrected chi connectivity index (χ3v) is 4.05. The minimum Gasteiger partial charge on any atom is -0.481 e. The van der Waals surface area contributed by atoms with E-state index >= 15 is 0 Å². The van der Waals surface area contributed by atoms with E-state index in [0.717, 1.165) is 5.56 Å². The number of aryl methyl sites for hydroxylation is 1. The summed E-state index contributed by atoms with van der Waals surface area (Å²) in [6.45, 7) is 4.41. The maximum Gasteiger partial charge on any atom is 0.329 e. The van der Waals surface area contributed by atoms with E-state index in [2.05, 4.69) is 5.32 Å². The summed E-state index contributed by atoms with van der Waals surface area (Å²) in [5.74, 6) is -0.832. The Morgan fingerprint density at radius 2 is 2.09 bits per heavy atom. The molecule has 23 heavy (non-hydrogen) atoms. The van der Waals surface area contributed by atoms with E-state index in [9.17, 15) is 14.7 Å². The number of amides is 1. The molecule has 1 unspecified atom stereocenters. The third kappa shape index (κ3) is 4.22. The first-order valence-corrected chi connectivity index (χ1v) is 7.83. The van der Waals surface area contributed by atoms with E-state index in [1.165, 1.54) is 0 Å². The van der Waals surface area contributed by atoms with E-state index in [1.807, 2.05) is 32.0 Å². The van der Waals surface area contributed by atoms with Gasteiger partial charge in [0.2, 0.25) is 0 Å². The van der Waals surface area contributed by atoms with E-state index in [-0.39, 0.29) is 12.8 Å². The molecule has 2 N–H and O–H groups in total. The minimum absolute atomic E-state index is 0.259. The summed E-state index contributed by atoms with van der Waals surface area (Å²) in [6.07, 6.45) is 0.242. The molecule has 6 heteroatoms. The Morgan fingerprint density at radius 1 is 1.39 bits per heavy atom. The van der Waals surface area contributed by atoms with Crippen LogP contribution in [0.2, 0.25) is 0 Å². The zero-order valence-corrected chi connectivity index (χ0v) is 13.5. The molecular formula is C17H23NO5. The second-order valence-corrected chi connectivity index (χ2v) is 5.82. The standard InChI is InChI=1S/C17H23NO5/c1-3-14(23-13-6-4-5-12(2)11-13)15(19)18-17(16(20)21)7-9-22-10-8-17/h4-6,11,14H,3,7-10H2,1-2H3,(H,18,19)(H,20,21). The van der Waals surface area contributed by atoms with Gasteiger partial charge >= 0.3 is 5.97 Å². The van der Waals surface area contributed by atoms with Crippen molar-refractivity contribution in [3.8, 4) is 5.75 Å². The highest BCUT2D eigenvalue weighted by Gasteiger charge is 2.42. The molecule has 0 spiro atoms. The summed E-state index contributed by atoms with van der Waals surface area (Å²) < 4.78 is 10.9. The van der Waals surface area contributed by atoms with Gasteiger partial charge < -0.3 is 19.9 Å². The summed E-state index contributed by atoms with van der Waals surface area (Å²) in [5, 5.41) is 12.2. The normalized spacial score (nSPS) is 18.0. The van der Waals surface area contributed by atoms with E-state index < -0.39 is 23.5 Å². The number of hydrogen-bond acceptors (Lipinski definition) is 4. The number of rotatable bonds is 6. The zero-order valence-electron chi connectivity index (χ0n) is 13.5. The fraction of sp³-hybridized carbons (Fsp3) is 0.529. The fourth-order valence-electron chi connectivity index (χ4n) is 2.60. The van der Waals surface area contributed by atoms with Crippen LogP contribution in [0, 0.1) is 6.92 Å². The molecule has 1 heterocycles. The van der Waals surface area contributed by atoms with Gasteiger partial charge in [0.1, 0.15) is 11.3 Å². The van der Waals surface area contributed by atoms with Gasteiger partial charge in [-0.05, 0) is 31.0 Å². The lowest BCUT2D eigenvalue weighted by Crippen LogP contribution is -2.60. The van der Waals surface area contributed by atoms with Gasteiger partial charge in [-0.1, -0.05) is 19.1 Å². The van der Waals surface area contributed by atoms with Crippen LogP contribution in [0.4, 0.5) is 0 Å². The average Bonchev–Trinajstić information content (AvgIpc) is 2.53. The Kier molecular flexibility index (Phi) is 5.60. The van der Waals surface area contributed by atoms with Gasteiger partial charge in [0.05, 0.1) is 0 Å². The molecule has 0 aromatic heterocycles. The van der Waals surface area contributed by atoms with Crippen LogP contribution in [0.5, 0.6) is 5.75 Å². The first kappa shape index (κ1) is 17.3. The Labute approximate surface area is 135 Å². The van der Waals surface area contributed by atoms with Gasteiger partial charge in [0.15, 0.2) is 6.10 Å². The monoisotopic (exact) mass is 321 g/mol. The number of carboxylic acid groups (broad SMARTS) is 1. The smallest absolute Gasteiger partial charge is 0.329 e. The highest BCUT2D eigenvalue weighted by molar-refractivity contribution is 5.89. The summed E-state index contributed by atoms with van der Waals surface area (Å²) in [6, 6.07) is 7.42. The number of hydrogen-bond donors (Lipinski definition) is 2. The van der Waals surface area contributed by atoms with Crippen LogP contribution >= 0.6 is 0 Å². The summed E-state index contributed by atoms with van der Waals surface area (Å²) >= 11 is 0. The second kappa shape index (κ2) is 7.46. The van der Waals surface area contributed by atoms with Crippen molar-refractivity contribution in [2.45, 2.75) is 44.8 Å². The molecule has 0 aliphatic carbocycles. The first-order chi connectivity index (χ1) is 11.0. The quantitative estimate of drug-likeness (QED) is 0.836. The Balaban J connectivity index is 2.08. The molecule has 0 bridgehead atoms. The Bertz CT molecular complexity index is 566. The average molecular weight is 321 g/mol. The number of carbonyl (C=O) groups is 2. The molecule has 126 valence electrons. The van der Waals surface area contributed by atoms with Crippen LogP contribution in [0.1, 0.15) is 31.7 Å². The maximum atomic E-state index is 12.5. The summed E-state index contributed by atoms with van der Waals surface area (Å²) in [4.78, 5) is 24.1. The summed E-state index contributed by atoms with van der Waals surface area (Å²) in [5.41, 5.74) is -0.233. The van der Waals surface area contributed by atoms with Gasteiger partial charge in [0, 0.05) is 26.1 Å². The first-order valence-electron chi connectivity index (χ1n) is 7.83. The number of ether oxygens (including phenoxy) is 2. The molecule has 1 amide bonds. The molecular weight excluding hydrogens is 298 g/mol. The van der Waals surface area contributed by atoms with Gasteiger partial charge in [-0.25, -0.2) is 4.79 Å². The Morgan fingerprint density at radius 3 is 2.65 bits per heavy atom. The molecule has 1 atom stereocenters. The van der Waals surface area contributed by atoms with Crippen LogP contribution in [-0.4, -0.2) is 41.8 Å². The largest absolute Gasteiger partial charge is 0.481 e. The molecule has 2 rings (SSSR count). The van der Waals surface area contributed by atoms with Crippen LogP contribution in [0.15, 0.2) is 24.3 Å². The summed E-state index contributed by atoms with van der Waals surface area (Å²) in [7, 11) is 0. The molecule has 6 nitrogen and oxygen atoms in total. The minimum atomic E-state index is -1.27. The van der Waals surface area contributed by atoms with Crippen molar-refractivity contribution in [1.82, 2.24) is 5.32 Å². The van der Waals surface area contributed by atoms with Crippen molar-refractivity contribution in [3.05, 3.63) is 29.8 Å². The van der Waals surface area contributed by atoms with Crippen LogP contribution in [-0.2, 0) is 14.3 Å². The van der Waals surface area contributed by atoms with Crippen LogP contribution < -0.4 is 10.1 Å². The van der Waals surface area contributed by atoms with Crippen molar-refractivity contribution in [2.24, 2.45) is 0 Å². The lowest BCUT2D eigenvalue weighted by Gasteiger charge is -2.35. The SMILES string of the molecule is CCC(Oc1cccc(C)c1)C(=O)NC1(C(=O)O)CCOCC1. The molecule has 0 radical (unpaired) electrons. The number of aliphatic carboxylic acids is 1. The molecule has 1 saturated heterocycles. The maximum absolute atomic E-state index is 12.5.